The number of hydrogen-bond donors (Lipinski definition) is 1. The summed E-state index contributed by atoms with van der Waals surface area (Å²) >= 11 is 7.57. The van der Waals surface area contributed by atoms with Gasteiger partial charge >= 0.3 is 12.1 Å². The Morgan fingerprint density at radius 3 is 2.61 bits per heavy atom. The molecule has 0 bridgehead atoms. The third-order valence-corrected chi connectivity index (χ3v) is 8.80. The summed E-state index contributed by atoms with van der Waals surface area (Å²) in [5.74, 6) is -0.935. The Labute approximate surface area is 256 Å². The van der Waals surface area contributed by atoms with Crippen LogP contribution in [0.15, 0.2) is 40.5 Å². The zero-order chi connectivity index (χ0) is 31.5. The number of nitrogens with zero attached hydrogens (tertiary/aromatic N) is 4. The number of alkyl halides is 3. The number of aryl methyl sites for hydroxylation is 2. The molecule has 224 valence electrons. The highest BCUT2D eigenvalue weighted by molar-refractivity contribution is 7.18. The number of carboxylic acids is 1. The summed E-state index contributed by atoms with van der Waals surface area (Å²) in [7, 11) is 0. The monoisotopic (exact) mass is 638 g/mol. The molecule has 0 amide bonds. The lowest BCUT2D eigenvalue weighted by molar-refractivity contribution is -0.138. The molecule has 0 spiro atoms. The number of halogens is 4. The molecule has 2 aromatic carbocycles. The van der Waals surface area contributed by atoms with Crippen molar-refractivity contribution in [3.8, 4) is 22.9 Å². The quantitative estimate of drug-likeness (QED) is 0.196. The second-order valence-corrected chi connectivity index (χ2v) is 11.9. The molecule has 0 radical (unpaired) electrons. The van der Waals surface area contributed by atoms with Gasteiger partial charge in [0.1, 0.15) is 24.3 Å². The molecule has 1 fully saturated rings. The maximum Gasteiger partial charge on any atom is 0.416 e. The van der Waals surface area contributed by atoms with Crippen LogP contribution in [-0.4, -0.2) is 32.2 Å². The zero-order valence-corrected chi connectivity index (χ0v) is 24.8. The van der Waals surface area contributed by atoms with Gasteiger partial charge in [-0.25, -0.2) is 9.78 Å². The molecule has 3 aromatic heterocycles. The fourth-order valence-corrected chi connectivity index (χ4v) is 6.67. The van der Waals surface area contributed by atoms with E-state index in [1.807, 2.05) is 6.07 Å². The van der Waals surface area contributed by atoms with Crippen molar-refractivity contribution < 1.29 is 27.8 Å². The second-order valence-electron chi connectivity index (χ2n) is 10.5. The molecule has 0 unspecified atom stereocenters. The Kier molecular flexibility index (Phi) is 7.34. The highest BCUT2D eigenvalue weighted by Gasteiger charge is 2.41. The van der Waals surface area contributed by atoms with Gasteiger partial charge in [-0.05, 0) is 68.5 Å². The van der Waals surface area contributed by atoms with E-state index in [4.69, 9.17) is 16.3 Å². The minimum atomic E-state index is -4.69. The molecule has 13 heteroatoms. The van der Waals surface area contributed by atoms with Crippen molar-refractivity contribution >= 4 is 50.0 Å². The summed E-state index contributed by atoms with van der Waals surface area (Å²) in [4.78, 5) is 34.1. The molecular weight excluding hydrogens is 617 g/mol. The number of pyridine rings is 1. The van der Waals surface area contributed by atoms with Crippen LogP contribution in [0.3, 0.4) is 0 Å². The normalized spacial score (nSPS) is 13.4. The molecule has 0 aliphatic heterocycles. The van der Waals surface area contributed by atoms with E-state index in [2.05, 4.69) is 9.97 Å². The van der Waals surface area contributed by atoms with E-state index in [0.29, 0.717) is 50.7 Å². The largest absolute Gasteiger partial charge is 0.491 e. The SMILES string of the molecule is Cc1cc(-c2cc(Cl)ccc2OCCn2c(C)nc3cc(C(F)(F)F)c(C4CC4)c(C#N)c3c2=O)c2scc(C(=O)O)c2n1. The third-order valence-electron chi connectivity index (χ3n) is 7.57. The lowest BCUT2D eigenvalue weighted by atomic mass is 9.93. The Bertz CT molecular complexity index is 2110. The van der Waals surface area contributed by atoms with Gasteiger partial charge in [0.2, 0.25) is 0 Å². The van der Waals surface area contributed by atoms with Crippen LogP contribution in [0.2, 0.25) is 5.02 Å². The highest BCUT2D eigenvalue weighted by Crippen LogP contribution is 2.48. The Morgan fingerprint density at radius 1 is 1.20 bits per heavy atom. The first kappa shape index (κ1) is 29.6. The van der Waals surface area contributed by atoms with Crippen molar-refractivity contribution in [2.24, 2.45) is 0 Å². The van der Waals surface area contributed by atoms with E-state index in [-0.39, 0.29) is 46.6 Å². The van der Waals surface area contributed by atoms with Crippen molar-refractivity contribution in [2.45, 2.75) is 45.3 Å². The summed E-state index contributed by atoms with van der Waals surface area (Å²) in [6, 6.07) is 9.53. The second kappa shape index (κ2) is 10.9. The molecule has 1 saturated carbocycles. The summed E-state index contributed by atoms with van der Waals surface area (Å²) < 4.78 is 49.9. The summed E-state index contributed by atoms with van der Waals surface area (Å²) in [5, 5.41) is 21.3. The number of thiophene rings is 1. The van der Waals surface area contributed by atoms with Gasteiger partial charge in [-0.1, -0.05) is 11.6 Å². The number of hydrogen-bond acceptors (Lipinski definition) is 7. The average molecular weight is 639 g/mol. The van der Waals surface area contributed by atoms with Crippen LogP contribution in [0.4, 0.5) is 13.2 Å². The minimum absolute atomic E-state index is 0.00667. The summed E-state index contributed by atoms with van der Waals surface area (Å²) in [6.45, 7) is 3.23. The Balaban J connectivity index is 1.38. The summed E-state index contributed by atoms with van der Waals surface area (Å²) in [5.41, 5.74) is 0.160. The lowest BCUT2D eigenvalue weighted by Crippen LogP contribution is -2.28. The fourth-order valence-electron chi connectivity index (χ4n) is 5.49. The molecule has 6 rings (SSSR count). The third kappa shape index (κ3) is 5.16. The van der Waals surface area contributed by atoms with Crippen LogP contribution in [0.1, 0.15) is 57.3 Å². The van der Waals surface area contributed by atoms with E-state index < -0.39 is 29.2 Å². The van der Waals surface area contributed by atoms with Crippen molar-refractivity contribution in [1.82, 2.24) is 14.5 Å². The van der Waals surface area contributed by atoms with Gasteiger partial charge in [0, 0.05) is 27.2 Å². The fraction of sp³-hybridized carbons (Fsp3) is 0.258. The Hall–Kier alpha value is -4.47. The Morgan fingerprint density at radius 2 is 1.95 bits per heavy atom. The number of fused-ring (bicyclic) bond motifs is 2. The predicted molar refractivity (Wildman–Crippen MR) is 160 cm³/mol. The van der Waals surface area contributed by atoms with Crippen molar-refractivity contribution in [3.05, 3.63) is 84.9 Å². The van der Waals surface area contributed by atoms with Crippen molar-refractivity contribution in [1.29, 1.82) is 5.26 Å². The number of carboxylic acid groups (broad SMARTS) is 1. The number of aromatic carboxylic acids is 1. The first-order chi connectivity index (χ1) is 20.9. The number of ether oxygens (including phenoxy) is 1. The van der Waals surface area contributed by atoms with E-state index in [9.17, 15) is 33.1 Å². The maximum absolute atomic E-state index is 13.9. The van der Waals surface area contributed by atoms with Gasteiger partial charge in [-0.3, -0.25) is 14.3 Å². The van der Waals surface area contributed by atoms with E-state index in [0.717, 1.165) is 6.07 Å². The molecule has 1 aliphatic rings. The first-order valence-corrected chi connectivity index (χ1v) is 14.7. The lowest BCUT2D eigenvalue weighted by Gasteiger charge is -2.18. The summed E-state index contributed by atoms with van der Waals surface area (Å²) in [6.07, 6.45) is -3.66. The van der Waals surface area contributed by atoms with Gasteiger partial charge in [-0.15, -0.1) is 11.3 Å². The molecule has 0 atom stereocenters. The molecule has 1 aliphatic carbocycles. The molecule has 1 N–H and O–H groups in total. The van der Waals surface area contributed by atoms with Gasteiger partial charge in [0.15, 0.2) is 0 Å². The van der Waals surface area contributed by atoms with E-state index >= 15 is 0 Å². The number of nitriles is 1. The van der Waals surface area contributed by atoms with Gasteiger partial charge < -0.3 is 9.84 Å². The molecule has 44 heavy (non-hydrogen) atoms. The smallest absolute Gasteiger partial charge is 0.416 e. The van der Waals surface area contributed by atoms with E-state index in [1.54, 1.807) is 31.2 Å². The number of benzene rings is 2. The van der Waals surface area contributed by atoms with Gasteiger partial charge in [0.25, 0.3) is 5.56 Å². The van der Waals surface area contributed by atoms with Crippen LogP contribution in [0, 0.1) is 25.2 Å². The first-order valence-electron chi connectivity index (χ1n) is 13.5. The number of aromatic nitrogens is 3. The highest BCUT2D eigenvalue weighted by atomic mass is 35.5. The van der Waals surface area contributed by atoms with Crippen molar-refractivity contribution in [2.75, 3.05) is 6.61 Å². The topological polar surface area (TPSA) is 118 Å². The van der Waals surface area contributed by atoms with Crippen LogP contribution < -0.4 is 10.3 Å². The van der Waals surface area contributed by atoms with Crippen LogP contribution in [0.25, 0.3) is 32.2 Å². The molecule has 5 aromatic rings. The van der Waals surface area contributed by atoms with E-state index in [1.165, 1.54) is 28.2 Å². The average Bonchev–Trinajstić information content (AvgIpc) is 3.71. The molecular formula is C31H22ClF3N4O4S. The molecule has 8 nitrogen and oxygen atoms in total. The predicted octanol–water partition coefficient (Wildman–Crippen LogP) is 7.49. The number of carbonyl (C=O) groups is 1. The standard InChI is InChI=1S/C31H22ClF3N4O4S/c1-14-9-19(28-27(37-14)21(13-44-28)30(41)42)18-10-17(32)5-6-24(18)43-8-7-39-15(2)38-23-11-22(31(33,34)35)25(16-3-4-16)20(12-36)26(23)29(39)40/h5-6,9-11,13,16H,3-4,7-8H2,1-2H3,(H,41,42). The maximum atomic E-state index is 13.9. The van der Waals surface area contributed by atoms with Gasteiger partial charge in [-0.2, -0.15) is 18.4 Å². The molecule has 3 heterocycles. The van der Waals surface area contributed by atoms with Crippen LogP contribution >= 0.6 is 22.9 Å². The van der Waals surface area contributed by atoms with Gasteiger partial charge in [0.05, 0.1) is 44.4 Å². The molecule has 0 saturated heterocycles. The number of rotatable bonds is 7. The van der Waals surface area contributed by atoms with Crippen molar-refractivity contribution in [3.63, 3.8) is 0 Å². The van der Waals surface area contributed by atoms with Crippen LogP contribution in [0.5, 0.6) is 5.75 Å². The zero-order valence-electron chi connectivity index (χ0n) is 23.3. The minimum Gasteiger partial charge on any atom is -0.491 e. The van der Waals surface area contributed by atoms with Crippen LogP contribution in [-0.2, 0) is 12.7 Å².